The summed E-state index contributed by atoms with van der Waals surface area (Å²) in [5.74, 6) is -14.3. The molecule has 0 bridgehead atoms. The van der Waals surface area contributed by atoms with Gasteiger partial charge in [-0.05, 0) is 13.3 Å². The fourth-order valence-corrected chi connectivity index (χ4v) is 1.25. The van der Waals surface area contributed by atoms with Crippen molar-refractivity contribution in [1.29, 1.82) is 0 Å². The van der Waals surface area contributed by atoms with Crippen molar-refractivity contribution in [3.63, 3.8) is 0 Å². The normalized spacial score (nSPS) is 16.4. The molecule has 0 spiro atoms. The molecule has 14 heteroatoms. The van der Waals surface area contributed by atoms with E-state index in [9.17, 15) is 48.3 Å². The number of alkyl halides is 11. The zero-order valence-electron chi connectivity index (χ0n) is 11.6. The number of rotatable bonds is 9. The Morgan fingerprint density at radius 1 is 0.792 bits per heavy atom. The molecule has 0 aromatic carbocycles. The summed E-state index contributed by atoms with van der Waals surface area (Å²) in [6, 6.07) is 0. The highest BCUT2D eigenvalue weighted by Gasteiger charge is 2.83. The minimum absolute atomic E-state index is 0.155. The Morgan fingerprint density at radius 3 is 1.62 bits per heavy atom. The van der Waals surface area contributed by atoms with E-state index in [0.717, 1.165) is 0 Å². The maximum atomic E-state index is 13.0. The van der Waals surface area contributed by atoms with E-state index < -0.39 is 56.0 Å². The first kappa shape index (κ1) is 23.1. The van der Waals surface area contributed by atoms with Crippen molar-refractivity contribution in [1.82, 2.24) is 0 Å². The molecule has 0 fully saturated rings. The molecule has 24 heavy (non-hydrogen) atoms. The summed E-state index contributed by atoms with van der Waals surface area (Å²) in [7, 11) is 0. The summed E-state index contributed by atoms with van der Waals surface area (Å²) in [5, 5.41) is 8.29. The van der Waals surface area contributed by atoms with Crippen LogP contribution in [0.4, 0.5) is 48.3 Å². The average molecular weight is 388 g/mol. The second-order valence-electron chi connectivity index (χ2n) is 4.43. The minimum atomic E-state index is -7.21. The van der Waals surface area contributed by atoms with Crippen molar-refractivity contribution in [3.05, 3.63) is 0 Å². The Morgan fingerprint density at radius 2 is 1.25 bits per heavy atom. The fourth-order valence-electron chi connectivity index (χ4n) is 1.25. The lowest BCUT2D eigenvalue weighted by molar-refractivity contribution is -0.470. The summed E-state index contributed by atoms with van der Waals surface area (Å²) in [6.07, 6.45) is -22.7. The van der Waals surface area contributed by atoms with Crippen molar-refractivity contribution < 1.29 is 62.9 Å². The van der Waals surface area contributed by atoms with E-state index in [-0.39, 0.29) is 6.92 Å². The van der Waals surface area contributed by atoms with E-state index in [1.807, 2.05) is 0 Å². The fraction of sp³-hybridized carbons (Fsp3) is 1.00. The highest BCUT2D eigenvalue weighted by atomic mass is 19.4. The van der Waals surface area contributed by atoms with Crippen LogP contribution < -0.4 is 0 Å². The number of hydrogen-bond donors (Lipinski definition) is 1. The molecule has 3 nitrogen and oxygen atoms in total. The molecular weight excluding hydrogens is 377 g/mol. The minimum Gasteiger partial charge on any atom is -0.396 e. The van der Waals surface area contributed by atoms with Gasteiger partial charge in [0.25, 0.3) is 0 Å². The molecule has 0 aliphatic heterocycles. The van der Waals surface area contributed by atoms with Gasteiger partial charge in [-0.25, -0.2) is 0 Å². The molecule has 1 N–H and O–H groups in total. The lowest BCUT2D eigenvalue weighted by atomic mass is 10.1. The van der Waals surface area contributed by atoms with Crippen LogP contribution in [-0.2, 0) is 9.47 Å². The largest absolute Gasteiger partial charge is 0.460 e. The summed E-state index contributed by atoms with van der Waals surface area (Å²) in [6.45, 7) is -0.622. The third kappa shape index (κ3) is 5.05. The van der Waals surface area contributed by atoms with Gasteiger partial charge >= 0.3 is 30.2 Å². The standard InChI is InChI=1S/C10H11F11O3/c1-5(23-6(11,12)3-2-4-22)24-10(20,21)8(15,16)7(13,14)9(17,18)19/h5,22H,2-4H2,1H3. The number of hydrogen-bond acceptors (Lipinski definition) is 3. The van der Waals surface area contributed by atoms with E-state index in [1.54, 1.807) is 0 Å². The Balaban J connectivity index is 5.19. The van der Waals surface area contributed by atoms with Crippen LogP contribution in [0.3, 0.4) is 0 Å². The molecule has 0 radical (unpaired) electrons. The van der Waals surface area contributed by atoms with Gasteiger partial charge in [0.2, 0.25) is 0 Å². The quantitative estimate of drug-likeness (QED) is 0.476. The second kappa shape index (κ2) is 7.15. The van der Waals surface area contributed by atoms with Gasteiger partial charge in [0, 0.05) is 13.0 Å². The van der Waals surface area contributed by atoms with Crippen molar-refractivity contribution in [2.45, 2.75) is 56.3 Å². The molecule has 0 aromatic rings. The molecule has 0 saturated carbocycles. The topological polar surface area (TPSA) is 38.7 Å². The highest BCUT2D eigenvalue weighted by molar-refractivity contribution is 4.96. The van der Waals surface area contributed by atoms with Gasteiger partial charge in [-0.1, -0.05) is 0 Å². The molecule has 1 atom stereocenters. The third-order valence-electron chi connectivity index (χ3n) is 2.39. The van der Waals surface area contributed by atoms with Crippen molar-refractivity contribution in [2.75, 3.05) is 6.61 Å². The first-order valence-corrected chi connectivity index (χ1v) is 5.96. The van der Waals surface area contributed by atoms with Crippen LogP contribution >= 0.6 is 0 Å². The zero-order valence-corrected chi connectivity index (χ0v) is 11.6. The molecular formula is C10H11F11O3. The van der Waals surface area contributed by atoms with Crippen LogP contribution in [0.1, 0.15) is 19.8 Å². The molecule has 0 aliphatic carbocycles. The number of aliphatic hydroxyl groups excluding tert-OH is 1. The van der Waals surface area contributed by atoms with E-state index in [1.165, 1.54) is 0 Å². The Labute approximate surface area is 127 Å². The summed E-state index contributed by atoms with van der Waals surface area (Å²) < 4.78 is 144. The average Bonchev–Trinajstić information content (AvgIpc) is 2.32. The first-order valence-electron chi connectivity index (χ1n) is 5.96. The molecule has 0 rings (SSSR count). The molecule has 0 saturated heterocycles. The molecule has 0 aliphatic rings. The van der Waals surface area contributed by atoms with Gasteiger partial charge in [0.1, 0.15) is 0 Å². The van der Waals surface area contributed by atoms with Gasteiger partial charge in [-0.15, -0.1) is 0 Å². The van der Waals surface area contributed by atoms with E-state index in [2.05, 4.69) is 9.47 Å². The molecule has 146 valence electrons. The number of aliphatic hydroxyl groups is 1. The summed E-state index contributed by atoms with van der Waals surface area (Å²) in [5.41, 5.74) is 0. The van der Waals surface area contributed by atoms with Gasteiger partial charge in [-0.3, -0.25) is 9.47 Å². The second-order valence-corrected chi connectivity index (χ2v) is 4.43. The Bertz CT molecular complexity index is 407. The van der Waals surface area contributed by atoms with Crippen molar-refractivity contribution in [2.24, 2.45) is 0 Å². The molecule has 0 amide bonds. The van der Waals surface area contributed by atoms with E-state index in [0.29, 0.717) is 0 Å². The van der Waals surface area contributed by atoms with Gasteiger partial charge in [0.15, 0.2) is 6.29 Å². The van der Waals surface area contributed by atoms with Crippen LogP contribution in [0.15, 0.2) is 0 Å². The van der Waals surface area contributed by atoms with Gasteiger partial charge in [0.05, 0.1) is 0 Å². The lowest BCUT2D eigenvalue weighted by Gasteiger charge is -2.34. The van der Waals surface area contributed by atoms with Crippen LogP contribution in [0, 0.1) is 0 Å². The lowest BCUT2D eigenvalue weighted by Crippen LogP contribution is -2.62. The zero-order chi connectivity index (χ0) is 19.6. The van der Waals surface area contributed by atoms with Crippen LogP contribution in [-0.4, -0.2) is 48.2 Å². The Kier molecular flexibility index (Phi) is 6.89. The van der Waals surface area contributed by atoms with Crippen molar-refractivity contribution in [3.8, 4) is 0 Å². The molecule has 0 heterocycles. The summed E-state index contributed by atoms with van der Waals surface area (Å²) >= 11 is 0. The number of halogens is 11. The first-order chi connectivity index (χ1) is 10.4. The van der Waals surface area contributed by atoms with Crippen LogP contribution in [0.2, 0.25) is 0 Å². The van der Waals surface area contributed by atoms with E-state index in [4.69, 9.17) is 5.11 Å². The van der Waals surface area contributed by atoms with Crippen LogP contribution in [0.5, 0.6) is 0 Å². The maximum absolute atomic E-state index is 13.0. The number of ether oxygens (including phenoxy) is 2. The monoisotopic (exact) mass is 388 g/mol. The Hall–Kier alpha value is -0.890. The van der Waals surface area contributed by atoms with Crippen LogP contribution in [0.25, 0.3) is 0 Å². The predicted octanol–water partition coefficient (Wildman–Crippen LogP) is 4.16. The SMILES string of the molecule is CC(OC(F)(F)CCCO)OC(F)(F)C(F)(F)C(F)(F)C(F)(F)F. The van der Waals surface area contributed by atoms with Crippen molar-refractivity contribution >= 4 is 0 Å². The van der Waals surface area contributed by atoms with Gasteiger partial charge < -0.3 is 5.11 Å². The summed E-state index contributed by atoms with van der Waals surface area (Å²) in [4.78, 5) is 0. The predicted molar refractivity (Wildman–Crippen MR) is 53.8 cm³/mol. The van der Waals surface area contributed by atoms with E-state index >= 15 is 0 Å². The van der Waals surface area contributed by atoms with Gasteiger partial charge in [-0.2, -0.15) is 48.3 Å². The third-order valence-corrected chi connectivity index (χ3v) is 2.39. The highest BCUT2D eigenvalue weighted by Crippen LogP contribution is 2.53. The maximum Gasteiger partial charge on any atom is 0.460 e. The molecule has 0 aromatic heterocycles. The smallest absolute Gasteiger partial charge is 0.396 e. The molecule has 1 unspecified atom stereocenters.